The highest BCUT2D eigenvalue weighted by Crippen LogP contribution is 2.64. The van der Waals surface area contributed by atoms with Crippen LogP contribution >= 0.6 is 0 Å². The van der Waals surface area contributed by atoms with E-state index in [4.69, 9.17) is 0 Å². The van der Waals surface area contributed by atoms with Gasteiger partial charge in [-0.1, -0.05) is 26.8 Å². The van der Waals surface area contributed by atoms with Gasteiger partial charge in [0.15, 0.2) is 11.5 Å². The lowest BCUT2D eigenvalue weighted by Crippen LogP contribution is -2.32. The van der Waals surface area contributed by atoms with Crippen molar-refractivity contribution >= 4 is 0 Å². The second kappa shape index (κ2) is 3.66. The summed E-state index contributed by atoms with van der Waals surface area (Å²) in [5.41, 5.74) is 1.65. The van der Waals surface area contributed by atoms with Crippen LogP contribution in [0.3, 0.4) is 0 Å². The number of phenolic OH excluding ortho intramolecular Hbond substituents is 2. The Morgan fingerprint density at radius 2 is 1.83 bits per heavy atom. The summed E-state index contributed by atoms with van der Waals surface area (Å²) in [6.07, 6.45) is 2.55. The van der Waals surface area contributed by atoms with Crippen LogP contribution in [0.4, 0.5) is 0 Å². The number of hydrogen-bond donors (Lipinski definition) is 2. The van der Waals surface area contributed by atoms with Crippen LogP contribution in [0.1, 0.15) is 45.1 Å². The van der Waals surface area contributed by atoms with E-state index in [9.17, 15) is 10.2 Å². The first-order valence-electron chi connectivity index (χ1n) is 6.93. The SMILES string of the molecule is C[C@@H]1[C@@H]2C[C@@H](C[C@H]2c2ccc(O)c(O)c2)C1(C)C. The zero-order chi connectivity index (χ0) is 13.1. The molecule has 0 amide bonds. The molecular formula is C16H22O2. The highest BCUT2D eigenvalue weighted by molar-refractivity contribution is 5.42. The third-order valence-electron chi connectivity index (χ3n) is 5.91. The second-order valence-corrected chi connectivity index (χ2v) is 6.80. The quantitative estimate of drug-likeness (QED) is 0.738. The second-order valence-electron chi connectivity index (χ2n) is 6.80. The van der Waals surface area contributed by atoms with Crippen LogP contribution in [-0.2, 0) is 0 Å². The Balaban J connectivity index is 1.91. The van der Waals surface area contributed by atoms with Crippen molar-refractivity contribution in [3.8, 4) is 11.5 Å². The molecule has 2 bridgehead atoms. The van der Waals surface area contributed by atoms with E-state index in [1.54, 1.807) is 12.1 Å². The van der Waals surface area contributed by atoms with E-state index < -0.39 is 0 Å². The molecule has 0 unspecified atom stereocenters. The predicted molar refractivity (Wildman–Crippen MR) is 71.7 cm³/mol. The van der Waals surface area contributed by atoms with Crippen molar-refractivity contribution in [2.75, 3.05) is 0 Å². The molecule has 1 aromatic rings. The van der Waals surface area contributed by atoms with Crippen molar-refractivity contribution in [1.29, 1.82) is 0 Å². The van der Waals surface area contributed by atoms with Crippen molar-refractivity contribution in [3.05, 3.63) is 23.8 Å². The molecule has 2 fully saturated rings. The van der Waals surface area contributed by atoms with Gasteiger partial charge in [-0.25, -0.2) is 0 Å². The van der Waals surface area contributed by atoms with Gasteiger partial charge in [0, 0.05) is 0 Å². The fourth-order valence-electron chi connectivity index (χ4n) is 4.31. The van der Waals surface area contributed by atoms with E-state index in [2.05, 4.69) is 20.8 Å². The molecule has 2 saturated carbocycles. The molecule has 18 heavy (non-hydrogen) atoms. The molecule has 0 saturated heterocycles. The van der Waals surface area contributed by atoms with Crippen molar-refractivity contribution in [2.45, 2.75) is 39.5 Å². The molecule has 0 radical (unpaired) electrons. The maximum atomic E-state index is 9.65. The zero-order valence-corrected chi connectivity index (χ0v) is 11.4. The van der Waals surface area contributed by atoms with Crippen LogP contribution in [0.25, 0.3) is 0 Å². The summed E-state index contributed by atoms with van der Waals surface area (Å²) in [6.45, 7) is 7.16. The van der Waals surface area contributed by atoms with Gasteiger partial charge in [-0.3, -0.25) is 0 Å². The Morgan fingerprint density at radius 1 is 1.11 bits per heavy atom. The Kier molecular flexibility index (Phi) is 2.42. The van der Waals surface area contributed by atoms with Gasteiger partial charge in [0.25, 0.3) is 0 Å². The van der Waals surface area contributed by atoms with E-state index in [1.165, 1.54) is 18.4 Å². The Hall–Kier alpha value is -1.18. The van der Waals surface area contributed by atoms with Crippen molar-refractivity contribution in [1.82, 2.24) is 0 Å². The van der Waals surface area contributed by atoms with Gasteiger partial charge >= 0.3 is 0 Å². The van der Waals surface area contributed by atoms with Gasteiger partial charge in [0.1, 0.15) is 0 Å². The molecular weight excluding hydrogens is 224 g/mol. The highest BCUT2D eigenvalue weighted by Gasteiger charge is 2.55. The average molecular weight is 246 g/mol. The summed E-state index contributed by atoms with van der Waals surface area (Å²) in [6, 6.07) is 5.34. The lowest BCUT2D eigenvalue weighted by Gasteiger charge is -2.40. The Labute approximate surface area is 109 Å². The minimum absolute atomic E-state index is 0.0159. The largest absolute Gasteiger partial charge is 0.504 e. The van der Waals surface area contributed by atoms with Crippen LogP contribution in [0, 0.1) is 23.2 Å². The summed E-state index contributed by atoms with van der Waals surface area (Å²) in [7, 11) is 0. The molecule has 2 N–H and O–H groups in total. The lowest BCUT2D eigenvalue weighted by atomic mass is 9.65. The van der Waals surface area contributed by atoms with Gasteiger partial charge in [-0.05, 0) is 59.6 Å². The molecule has 0 aromatic heterocycles. The highest BCUT2D eigenvalue weighted by atomic mass is 16.3. The Morgan fingerprint density at radius 3 is 2.39 bits per heavy atom. The fourth-order valence-corrected chi connectivity index (χ4v) is 4.31. The first-order valence-corrected chi connectivity index (χ1v) is 6.93. The van der Waals surface area contributed by atoms with Crippen LogP contribution in [-0.4, -0.2) is 10.2 Å². The monoisotopic (exact) mass is 246 g/mol. The summed E-state index contributed by atoms with van der Waals surface area (Å²) in [4.78, 5) is 0. The summed E-state index contributed by atoms with van der Waals surface area (Å²) in [5.74, 6) is 2.83. The number of phenols is 2. The summed E-state index contributed by atoms with van der Waals surface area (Å²) >= 11 is 0. The topological polar surface area (TPSA) is 40.5 Å². The molecule has 2 heteroatoms. The molecule has 98 valence electrons. The van der Waals surface area contributed by atoms with Crippen molar-refractivity contribution in [2.24, 2.45) is 23.2 Å². The zero-order valence-electron chi connectivity index (χ0n) is 11.4. The first kappa shape index (κ1) is 11.9. The molecule has 2 aliphatic rings. The molecule has 0 aliphatic heterocycles. The molecule has 2 aliphatic carbocycles. The van der Waals surface area contributed by atoms with E-state index >= 15 is 0 Å². The number of benzene rings is 1. The average Bonchev–Trinajstić information content (AvgIpc) is 2.83. The van der Waals surface area contributed by atoms with E-state index in [1.807, 2.05) is 6.07 Å². The molecule has 0 spiro atoms. The molecule has 2 nitrogen and oxygen atoms in total. The lowest BCUT2D eigenvalue weighted by molar-refractivity contribution is 0.122. The van der Waals surface area contributed by atoms with Crippen LogP contribution in [0.5, 0.6) is 11.5 Å². The summed E-state index contributed by atoms with van der Waals surface area (Å²) in [5, 5.41) is 19.1. The van der Waals surface area contributed by atoms with E-state index in [0.717, 1.165) is 17.8 Å². The third kappa shape index (κ3) is 1.47. The number of aromatic hydroxyl groups is 2. The van der Waals surface area contributed by atoms with E-state index in [0.29, 0.717) is 11.3 Å². The van der Waals surface area contributed by atoms with Crippen LogP contribution in [0.2, 0.25) is 0 Å². The van der Waals surface area contributed by atoms with Crippen molar-refractivity contribution in [3.63, 3.8) is 0 Å². The third-order valence-corrected chi connectivity index (χ3v) is 5.91. The van der Waals surface area contributed by atoms with Crippen molar-refractivity contribution < 1.29 is 10.2 Å². The van der Waals surface area contributed by atoms with Gasteiger partial charge in [0.05, 0.1) is 0 Å². The van der Waals surface area contributed by atoms with Gasteiger partial charge < -0.3 is 10.2 Å². The molecule has 4 atom stereocenters. The normalized spacial score (nSPS) is 37.1. The van der Waals surface area contributed by atoms with Crippen LogP contribution < -0.4 is 0 Å². The van der Waals surface area contributed by atoms with E-state index in [-0.39, 0.29) is 11.5 Å². The fraction of sp³-hybridized carbons (Fsp3) is 0.625. The number of rotatable bonds is 1. The molecule has 3 rings (SSSR count). The van der Waals surface area contributed by atoms with Gasteiger partial charge in [-0.15, -0.1) is 0 Å². The standard InChI is InChI=1S/C16H22O2/c1-9-12-7-11(16(9,2)3)8-13(12)10-4-5-14(17)15(18)6-10/h4-6,9,11-13,17-18H,7-8H2,1-3H3/t9-,11+,12+,13+/m1/s1. The maximum Gasteiger partial charge on any atom is 0.157 e. The Bertz CT molecular complexity index is 474. The summed E-state index contributed by atoms with van der Waals surface area (Å²) < 4.78 is 0. The maximum absolute atomic E-state index is 9.65. The molecule has 1 aromatic carbocycles. The predicted octanol–water partition coefficient (Wildman–Crippen LogP) is 3.88. The first-order chi connectivity index (χ1) is 8.41. The number of hydrogen-bond acceptors (Lipinski definition) is 2. The molecule has 0 heterocycles. The van der Waals surface area contributed by atoms with Gasteiger partial charge in [0.2, 0.25) is 0 Å². The van der Waals surface area contributed by atoms with Gasteiger partial charge in [-0.2, -0.15) is 0 Å². The smallest absolute Gasteiger partial charge is 0.157 e. The van der Waals surface area contributed by atoms with Crippen LogP contribution in [0.15, 0.2) is 18.2 Å². The number of fused-ring (bicyclic) bond motifs is 2. The minimum atomic E-state index is -0.0183. The minimum Gasteiger partial charge on any atom is -0.504 e.